The van der Waals surface area contributed by atoms with Crippen molar-refractivity contribution in [2.45, 2.75) is 20.3 Å². The van der Waals surface area contributed by atoms with E-state index in [1.54, 1.807) is 19.1 Å². The number of benzene rings is 1. The highest BCUT2D eigenvalue weighted by atomic mass is 32.2. The Balaban J connectivity index is 2.59. The van der Waals surface area contributed by atoms with Crippen LogP contribution in [0.1, 0.15) is 24.5 Å². The van der Waals surface area contributed by atoms with Crippen molar-refractivity contribution < 1.29 is 13.6 Å². The van der Waals surface area contributed by atoms with E-state index < -0.39 is 11.6 Å². The average molecular weight is 256 g/mol. The Morgan fingerprint density at radius 1 is 1.35 bits per heavy atom. The van der Waals surface area contributed by atoms with Gasteiger partial charge in [-0.1, -0.05) is 23.9 Å². The molecule has 1 rings (SSSR count). The van der Waals surface area contributed by atoms with E-state index in [9.17, 15) is 13.6 Å². The monoisotopic (exact) mass is 256 g/mol. The molecule has 0 radical (unpaired) electrons. The molecule has 1 aromatic carbocycles. The highest BCUT2D eigenvalue weighted by Gasteiger charge is 2.04. The number of aryl methyl sites for hydroxylation is 1. The second kappa shape index (κ2) is 6.55. The van der Waals surface area contributed by atoms with E-state index in [2.05, 4.69) is 0 Å². The Labute approximate surface area is 104 Å². The molecule has 0 unspecified atom stereocenters. The van der Waals surface area contributed by atoms with Gasteiger partial charge >= 0.3 is 0 Å². The minimum atomic E-state index is -0.566. The molecule has 1 aromatic rings. The minimum absolute atomic E-state index is 0.0715. The molecule has 0 aliphatic heterocycles. The first-order chi connectivity index (χ1) is 8.00. The lowest BCUT2D eigenvalue weighted by Gasteiger charge is -2.00. The number of rotatable bonds is 4. The Hall–Kier alpha value is -1.16. The van der Waals surface area contributed by atoms with Crippen LogP contribution in [-0.4, -0.2) is 10.9 Å². The number of thioether (sulfide) groups is 1. The zero-order valence-electron chi connectivity index (χ0n) is 9.80. The van der Waals surface area contributed by atoms with Crippen LogP contribution in [0, 0.1) is 18.6 Å². The first-order valence-corrected chi connectivity index (χ1v) is 6.25. The first-order valence-electron chi connectivity index (χ1n) is 5.26. The lowest BCUT2D eigenvalue weighted by molar-refractivity contribution is -0.109. The number of carbonyl (C=O) groups is 1. The standard InChI is InChI=1S/C13H14F2OS/c1-9-7-11(13(15)8-12(9)14)5-3-4-6-17-10(2)16/h3,5,7-8H,4,6H2,1-2H3. The van der Waals surface area contributed by atoms with E-state index in [0.717, 1.165) is 6.07 Å². The highest BCUT2D eigenvalue weighted by molar-refractivity contribution is 8.13. The molecule has 0 aromatic heterocycles. The molecule has 0 aliphatic rings. The Morgan fingerprint density at radius 3 is 2.71 bits per heavy atom. The third-order valence-corrected chi connectivity index (χ3v) is 3.01. The molecule has 0 saturated carbocycles. The maximum Gasteiger partial charge on any atom is 0.185 e. The van der Waals surface area contributed by atoms with Gasteiger partial charge in [0, 0.05) is 24.3 Å². The van der Waals surface area contributed by atoms with Gasteiger partial charge in [-0.2, -0.15) is 0 Å². The molecule has 0 spiro atoms. The average Bonchev–Trinajstić information content (AvgIpc) is 2.24. The summed E-state index contributed by atoms with van der Waals surface area (Å²) in [5, 5.41) is 0.0715. The highest BCUT2D eigenvalue weighted by Crippen LogP contribution is 2.16. The van der Waals surface area contributed by atoms with Crippen molar-refractivity contribution in [1.82, 2.24) is 0 Å². The molecule has 17 heavy (non-hydrogen) atoms. The smallest absolute Gasteiger partial charge is 0.185 e. The van der Waals surface area contributed by atoms with Crippen molar-refractivity contribution in [2.75, 3.05) is 5.75 Å². The van der Waals surface area contributed by atoms with Crippen molar-refractivity contribution in [2.24, 2.45) is 0 Å². The number of hydrogen-bond acceptors (Lipinski definition) is 2. The molecule has 0 aliphatic carbocycles. The molecule has 0 heterocycles. The molecule has 0 amide bonds. The first kappa shape index (κ1) is 13.9. The minimum Gasteiger partial charge on any atom is -0.288 e. The molecule has 0 fully saturated rings. The summed E-state index contributed by atoms with van der Waals surface area (Å²) in [5.74, 6) is -0.427. The number of halogens is 2. The van der Waals surface area contributed by atoms with Crippen molar-refractivity contribution in [3.63, 3.8) is 0 Å². The van der Waals surface area contributed by atoms with Gasteiger partial charge in [-0.25, -0.2) is 8.78 Å². The van der Waals surface area contributed by atoms with Gasteiger partial charge in [0.25, 0.3) is 0 Å². The SMILES string of the molecule is CC(=O)SCCC=Cc1cc(C)c(F)cc1F. The van der Waals surface area contributed by atoms with Gasteiger partial charge in [-0.3, -0.25) is 4.79 Å². The van der Waals surface area contributed by atoms with Crippen LogP contribution in [0.3, 0.4) is 0 Å². The van der Waals surface area contributed by atoms with Crippen LogP contribution in [0.15, 0.2) is 18.2 Å². The summed E-state index contributed by atoms with van der Waals surface area (Å²) in [6, 6.07) is 2.36. The van der Waals surface area contributed by atoms with Gasteiger partial charge in [0.1, 0.15) is 11.6 Å². The van der Waals surface area contributed by atoms with Gasteiger partial charge in [-0.15, -0.1) is 0 Å². The third kappa shape index (κ3) is 4.69. The zero-order valence-corrected chi connectivity index (χ0v) is 10.6. The molecular weight excluding hydrogens is 242 g/mol. The second-order valence-electron chi connectivity index (χ2n) is 3.65. The third-order valence-electron chi connectivity index (χ3n) is 2.17. The summed E-state index contributed by atoms with van der Waals surface area (Å²) < 4.78 is 26.3. The van der Waals surface area contributed by atoms with Gasteiger partial charge in [0.2, 0.25) is 0 Å². The van der Waals surface area contributed by atoms with Crippen LogP contribution < -0.4 is 0 Å². The fourth-order valence-corrected chi connectivity index (χ4v) is 1.83. The summed E-state index contributed by atoms with van der Waals surface area (Å²) in [6.07, 6.45) is 4.08. The van der Waals surface area contributed by atoms with E-state index in [1.165, 1.54) is 24.8 Å². The molecule has 4 heteroatoms. The van der Waals surface area contributed by atoms with Crippen molar-refractivity contribution in [3.8, 4) is 0 Å². The van der Waals surface area contributed by atoms with E-state index >= 15 is 0 Å². The van der Waals surface area contributed by atoms with Crippen LogP contribution in [0.5, 0.6) is 0 Å². The Bertz CT molecular complexity index is 441. The van der Waals surface area contributed by atoms with Gasteiger partial charge in [0.05, 0.1) is 0 Å². The molecule has 92 valence electrons. The van der Waals surface area contributed by atoms with Crippen LogP contribution in [-0.2, 0) is 4.79 Å². The Morgan fingerprint density at radius 2 is 2.06 bits per heavy atom. The van der Waals surface area contributed by atoms with Gasteiger partial charge in [0.15, 0.2) is 5.12 Å². The number of allylic oxidation sites excluding steroid dienone is 1. The molecule has 0 N–H and O–H groups in total. The van der Waals surface area contributed by atoms with Crippen molar-refractivity contribution >= 4 is 23.0 Å². The largest absolute Gasteiger partial charge is 0.288 e. The van der Waals surface area contributed by atoms with E-state index in [4.69, 9.17) is 0 Å². The topological polar surface area (TPSA) is 17.1 Å². The normalized spacial score (nSPS) is 11.1. The van der Waals surface area contributed by atoms with E-state index in [-0.39, 0.29) is 5.12 Å². The van der Waals surface area contributed by atoms with Crippen LogP contribution in [0.2, 0.25) is 0 Å². The summed E-state index contributed by atoms with van der Waals surface area (Å²) in [4.78, 5) is 10.7. The Kier molecular flexibility index (Phi) is 5.35. The maximum absolute atomic E-state index is 13.3. The van der Waals surface area contributed by atoms with Crippen LogP contribution >= 0.6 is 11.8 Å². The molecular formula is C13H14F2OS. The summed E-state index contributed by atoms with van der Waals surface area (Å²) >= 11 is 1.23. The second-order valence-corrected chi connectivity index (χ2v) is 4.93. The summed E-state index contributed by atoms with van der Waals surface area (Å²) in [6.45, 7) is 3.11. The maximum atomic E-state index is 13.3. The summed E-state index contributed by atoms with van der Waals surface area (Å²) in [5.41, 5.74) is 0.792. The fraction of sp³-hybridized carbons (Fsp3) is 0.308. The van der Waals surface area contributed by atoms with Crippen molar-refractivity contribution in [3.05, 3.63) is 41.0 Å². The lowest BCUT2D eigenvalue weighted by atomic mass is 10.1. The zero-order chi connectivity index (χ0) is 12.8. The lowest BCUT2D eigenvalue weighted by Crippen LogP contribution is -1.89. The quantitative estimate of drug-likeness (QED) is 0.759. The predicted molar refractivity (Wildman–Crippen MR) is 67.9 cm³/mol. The molecule has 1 nitrogen and oxygen atoms in total. The van der Waals surface area contributed by atoms with Crippen LogP contribution in [0.25, 0.3) is 6.08 Å². The van der Waals surface area contributed by atoms with E-state index in [0.29, 0.717) is 23.3 Å². The van der Waals surface area contributed by atoms with Gasteiger partial charge < -0.3 is 0 Å². The fourth-order valence-electron chi connectivity index (χ4n) is 1.29. The summed E-state index contributed by atoms with van der Waals surface area (Å²) in [7, 11) is 0. The number of carbonyl (C=O) groups excluding carboxylic acids is 1. The molecule has 0 bridgehead atoms. The van der Waals surface area contributed by atoms with Crippen molar-refractivity contribution in [1.29, 1.82) is 0 Å². The predicted octanol–water partition coefficient (Wildman–Crippen LogP) is 3.96. The van der Waals surface area contributed by atoms with E-state index in [1.807, 2.05) is 0 Å². The number of hydrogen-bond donors (Lipinski definition) is 0. The molecule has 0 atom stereocenters. The molecule has 0 saturated heterocycles. The van der Waals surface area contributed by atoms with Gasteiger partial charge in [-0.05, 0) is 25.0 Å². The van der Waals surface area contributed by atoms with Crippen LogP contribution in [0.4, 0.5) is 8.78 Å².